The van der Waals surface area contributed by atoms with Crippen molar-refractivity contribution in [3.8, 4) is 5.75 Å². The smallest absolute Gasteiger partial charge is 0.411 e. The van der Waals surface area contributed by atoms with Crippen LogP contribution in [-0.2, 0) is 4.74 Å². The lowest BCUT2D eigenvalue weighted by atomic mass is 10.1. The molecule has 1 atom stereocenters. The van der Waals surface area contributed by atoms with Crippen LogP contribution >= 0.6 is 15.9 Å². The summed E-state index contributed by atoms with van der Waals surface area (Å²) in [5.41, 5.74) is 0.629. The Bertz CT molecular complexity index is 422. The zero-order chi connectivity index (χ0) is 15.2. The van der Waals surface area contributed by atoms with Gasteiger partial charge in [-0.3, -0.25) is 0 Å². The first-order valence-corrected chi connectivity index (χ1v) is 6.83. The number of aliphatic hydroxyl groups excluding tert-OH is 1. The third-order valence-electron chi connectivity index (χ3n) is 2.38. The molecule has 0 unspecified atom stereocenters. The highest BCUT2D eigenvalue weighted by atomic mass is 79.9. The largest absolute Gasteiger partial charge is 0.493 e. The molecule has 0 aliphatic rings. The summed E-state index contributed by atoms with van der Waals surface area (Å²) in [6, 6.07) is 5.21. The van der Waals surface area contributed by atoms with E-state index in [-0.39, 0.29) is 13.2 Å². The van der Waals surface area contributed by atoms with Crippen molar-refractivity contribution < 1.29 is 27.8 Å². The lowest BCUT2D eigenvalue weighted by Gasteiger charge is -2.14. The van der Waals surface area contributed by atoms with Crippen molar-refractivity contribution >= 4 is 15.9 Å². The van der Waals surface area contributed by atoms with E-state index in [0.717, 1.165) is 4.47 Å². The number of hydrogen-bond donors (Lipinski definition) is 1. The fraction of sp³-hybridized carbons (Fsp3) is 0.538. The highest BCUT2D eigenvalue weighted by Crippen LogP contribution is 2.28. The van der Waals surface area contributed by atoms with Gasteiger partial charge in [0.05, 0.1) is 19.3 Å². The third kappa shape index (κ3) is 6.58. The van der Waals surface area contributed by atoms with Gasteiger partial charge in [0, 0.05) is 16.5 Å². The van der Waals surface area contributed by atoms with Crippen molar-refractivity contribution in [1.29, 1.82) is 0 Å². The SMILES string of the molecule is C[C@@H](O)c1ccc(Br)cc1OCCCOCC(F)(F)F. The standard InChI is InChI=1S/C13H16BrF3O3/c1-9(18)11-4-3-10(14)7-12(11)20-6-2-5-19-8-13(15,16)17/h3-4,7,9,18H,2,5-6,8H2,1H3/t9-/m1/s1. The molecule has 0 spiro atoms. The minimum absolute atomic E-state index is 0.0302. The molecule has 0 fully saturated rings. The van der Waals surface area contributed by atoms with Crippen molar-refractivity contribution in [2.75, 3.05) is 19.8 Å². The zero-order valence-corrected chi connectivity index (χ0v) is 12.5. The minimum atomic E-state index is -4.30. The predicted molar refractivity (Wildman–Crippen MR) is 71.8 cm³/mol. The van der Waals surface area contributed by atoms with Crippen LogP contribution in [0.3, 0.4) is 0 Å². The van der Waals surface area contributed by atoms with Gasteiger partial charge >= 0.3 is 6.18 Å². The molecule has 0 saturated carbocycles. The molecule has 1 aromatic rings. The van der Waals surface area contributed by atoms with E-state index in [1.807, 2.05) is 0 Å². The first-order valence-electron chi connectivity index (χ1n) is 6.04. The molecule has 0 bridgehead atoms. The average molecular weight is 357 g/mol. The van der Waals surface area contributed by atoms with Gasteiger partial charge in [0.2, 0.25) is 0 Å². The van der Waals surface area contributed by atoms with Gasteiger partial charge in [-0.1, -0.05) is 22.0 Å². The molecular formula is C13H16BrF3O3. The molecule has 114 valence electrons. The maximum Gasteiger partial charge on any atom is 0.411 e. The normalized spacial score (nSPS) is 13.3. The molecule has 0 aliphatic heterocycles. The van der Waals surface area contributed by atoms with E-state index in [1.54, 1.807) is 25.1 Å². The fourth-order valence-corrected chi connectivity index (χ4v) is 1.85. The van der Waals surface area contributed by atoms with Crippen LogP contribution in [0.15, 0.2) is 22.7 Å². The Hall–Kier alpha value is -0.790. The van der Waals surface area contributed by atoms with Crippen LogP contribution in [0.2, 0.25) is 0 Å². The van der Waals surface area contributed by atoms with Crippen molar-refractivity contribution in [3.05, 3.63) is 28.2 Å². The maximum absolute atomic E-state index is 11.8. The second kappa shape index (κ2) is 7.85. The van der Waals surface area contributed by atoms with Crippen molar-refractivity contribution in [1.82, 2.24) is 0 Å². The molecule has 0 heterocycles. The molecule has 7 heteroatoms. The first-order chi connectivity index (χ1) is 9.29. The summed E-state index contributed by atoms with van der Waals surface area (Å²) in [4.78, 5) is 0. The zero-order valence-electron chi connectivity index (χ0n) is 10.9. The lowest BCUT2D eigenvalue weighted by Crippen LogP contribution is -2.18. The Balaban J connectivity index is 2.37. The number of rotatable bonds is 7. The van der Waals surface area contributed by atoms with Crippen LogP contribution in [0.1, 0.15) is 25.0 Å². The topological polar surface area (TPSA) is 38.7 Å². The summed E-state index contributed by atoms with van der Waals surface area (Å²) in [5, 5.41) is 9.58. The molecule has 20 heavy (non-hydrogen) atoms. The number of hydrogen-bond acceptors (Lipinski definition) is 3. The number of benzene rings is 1. The molecule has 0 aromatic heterocycles. The first kappa shape index (κ1) is 17.3. The van der Waals surface area contributed by atoms with E-state index in [2.05, 4.69) is 20.7 Å². The monoisotopic (exact) mass is 356 g/mol. The summed E-state index contributed by atoms with van der Waals surface area (Å²) in [6.07, 6.45) is -4.65. The van der Waals surface area contributed by atoms with E-state index in [4.69, 9.17) is 4.74 Å². The van der Waals surface area contributed by atoms with Crippen LogP contribution in [0.4, 0.5) is 13.2 Å². The second-order valence-electron chi connectivity index (χ2n) is 4.23. The third-order valence-corrected chi connectivity index (χ3v) is 2.88. The molecule has 1 rings (SSSR count). The number of ether oxygens (including phenoxy) is 2. The van der Waals surface area contributed by atoms with E-state index >= 15 is 0 Å². The molecule has 0 aliphatic carbocycles. The van der Waals surface area contributed by atoms with Gasteiger partial charge < -0.3 is 14.6 Å². The van der Waals surface area contributed by atoms with Crippen LogP contribution in [0.5, 0.6) is 5.75 Å². The van der Waals surface area contributed by atoms with Crippen molar-refractivity contribution in [2.24, 2.45) is 0 Å². The molecule has 1 aromatic carbocycles. The van der Waals surface area contributed by atoms with Gasteiger partial charge in [-0.2, -0.15) is 13.2 Å². The fourth-order valence-electron chi connectivity index (χ4n) is 1.51. The maximum atomic E-state index is 11.8. The summed E-state index contributed by atoms with van der Waals surface area (Å²) in [5.74, 6) is 0.505. The Labute approximate surface area is 123 Å². The molecule has 1 N–H and O–H groups in total. The molecule has 3 nitrogen and oxygen atoms in total. The summed E-state index contributed by atoms with van der Waals surface area (Å²) >= 11 is 3.29. The van der Waals surface area contributed by atoms with Crippen LogP contribution in [-0.4, -0.2) is 31.1 Å². The van der Waals surface area contributed by atoms with E-state index in [9.17, 15) is 18.3 Å². The van der Waals surface area contributed by atoms with Crippen molar-refractivity contribution in [3.63, 3.8) is 0 Å². The highest BCUT2D eigenvalue weighted by molar-refractivity contribution is 9.10. The Morgan fingerprint density at radius 2 is 2.00 bits per heavy atom. The van der Waals surface area contributed by atoms with Crippen LogP contribution in [0, 0.1) is 0 Å². The van der Waals surface area contributed by atoms with E-state index in [1.165, 1.54) is 0 Å². The number of alkyl halides is 3. The number of aliphatic hydroxyl groups is 1. The van der Waals surface area contributed by atoms with E-state index in [0.29, 0.717) is 17.7 Å². The molecule has 0 radical (unpaired) electrons. The summed E-state index contributed by atoms with van der Waals surface area (Å²) in [6.45, 7) is 0.552. The Kier molecular flexibility index (Phi) is 6.78. The molecule has 0 amide bonds. The second-order valence-corrected chi connectivity index (χ2v) is 5.14. The number of halogens is 4. The Morgan fingerprint density at radius 1 is 1.30 bits per heavy atom. The van der Waals surface area contributed by atoms with Gasteiger partial charge in [0.25, 0.3) is 0 Å². The van der Waals surface area contributed by atoms with Gasteiger partial charge in [-0.25, -0.2) is 0 Å². The average Bonchev–Trinajstić information content (AvgIpc) is 2.32. The molecular weight excluding hydrogens is 341 g/mol. The molecule has 0 saturated heterocycles. The van der Waals surface area contributed by atoms with Gasteiger partial charge in [-0.15, -0.1) is 0 Å². The van der Waals surface area contributed by atoms with Gasteiger partial charge in [0.15, 0.2) is 0 Å². The highest BCUT2D eigenvalue weighted by Gasteiger charge is 2.27. The summed E-state index contributed by atoms with van der Waals surface area (Å²) < 4.78 is 46.2. The lowest BCUT2D eigenvalue weighted by molar-refractivity contribution is -0.174. The minimum Gasteiger partial charge on any atom is -0.493 e. The summed E-state index contributed by atoms with van der Waals surface area (Å²) in [7, 11) is 0. The predicted octanol–water partition coefficient (Wildman–Crippen LogP) is 3.85. The van der Waals surface area contributed by atoms with E-state index < -0.39 is 18.9 Å². The van der Waals surface area contributed by atoms with Gasteiger partial charge in [0.1, 0.15) is 12.4 Å². The van der Waals surface area contributed by atoms with Crippen LogP contribution < -0.4 is 4.74 Å². The quantitative estimate of drug-likeness (QED) is 0.754. The Morgan fingerprint density at radius 3 is 2.60 bits per heavy atom. The van der Waals surface area contributed by atoms with Crippen LogP contribution in [0.25, 0.3) is 0 Å². The van der Waals surface area contributed by atoms with Gasteiger partial charge in [-0.05, 0) is 19.1 Å². The van der Waals surface area contributed by atoms with Crippen molar-refractivity contribution in [2.45, 2.75) is 25.6 Å².